The quantitative estimate of drug-likeness (QED) is 0.638. The van der Waals surface area contributed by atoms with Crippen LogP contribution in [0.5, 0.6) is 5.75 Å². The van der Waals surface area contributed by atoms with Crippen LogP contribution in [-0.4, -0.2) is 14.2 Å². The molecule has 0 aliphatic rings. The molecule has 6 heteroatoms. The van der Waals surface area contributed by atoms with Crippen LogP contribution < -0.4 is 10.3 Å². The zero-order valence-electron chi connectivity index (χ0n) is 7.97. The molecule has 0 saturated heterocycles. The van der Waals surface area contributed by atoms with Crippen molar-refractivity contribution in [2.75, 3.05) is 20.0 Å². The Morgan fingerprint density at radius 2 is 1.64 bits per heavy atom. The number of anilines is 1. The van der Waals surface area contributed by atoms with Crippen LogP contribution in [0, 0.1) is 0 Å². The molecule has 0 aromatic heterocycles. The van der Waals surface area contributed by atoms with Gasteiger partial charge >= 0.3 is 6.72 Å². The summed E-state index contributed by atoms with van der Waals surface area (Å²) in [5.74, 6) is 0.589. The highest BCUT2D eigenvalue weighted by Crippen LogP contribution is 2.48. The molecular formula is C8H12NO3PS. The Kier molecular flexibility index (Phi) is 3.89. The second kappa shape index (κ2) is 4.75. The van der Waals surface area contributed by atoms with E-state index in [1.807, 2.05) is 0 Å². The Hall–Kier alpha value is -0.610. The van der Waals surface area contributed by atoms with Crippen molar-refractivity contribution in [1.82, 2.24) is 0 Å². The lowest BCUT2D eigenvalue weighted by atomic mass is 10.3. The number of hydrogen-bond acceptors (Lipinski definition) is 5. The minimum Gasteiger partial charge on any atom is -0.424 e. The molecule has 78 valence electrons. The van der Waals surface area contributed by atoms with Gasteiger partial charge in [-0.25, -0.2) is 0 Å². The molecule has 0 aliphatic heterocycles. The largest absolute Gasteiger partial charge is 0.424 e. The van der Waals surface area contributed by atoms with E-state index in [9.17, 15) is 0 Å². The molecule has 0 spiro atoms. The van der Waals surface area contributed by atoms with Crippen molar-refractivity contribution in [2.24, 2.45) is 0 Å². The third-order valence-electron chi connectivity index (χ3n) is 1.54. The predicted octanol–water partition coefficient (Wildman–Crippen LogP) is 2.16. The first-order chi connectivity index (χ1) is 6.59. The summed E-state index contributed by atoms with van der Waals surface area (Å²) >= 11 is 5.03. The van der Waals surface area contributed by atoms with Crippen molar-refractivity contribution >= 4 is 24.2 Å². The molecule has 0 aliphatic carbocycles. The minimum atomic E-state index is -2.63. The second-order valence-corrected chi connectivity index (χ2v) is 5.62. The molecule has 0 radical (unpaired) electrons. The Balaban J connectivity index is 2.78. The molecule has 2 N–H and O–H groups in total. The van der Waals surface area contributed by atoms with Gasteiger partial charge in [-0.15, -0.1) is 0 Å². The molecule has 0 amide bonds. The van der Waals surface area contributed by atoms with Crippen LogP contribution in [0.15, 0.2) is 24.3 Å². The van der Waals surface area contributed by atoms with E-state index in [4.69, 9.17) is 31.1 Å². The van der Waals surface area contributed by atoms with Crippen LogP contribution in [0.1, 0.15) is 0 Å². The molecule has 0 saturated carbocycles. The SMILES string of the molecule is COP(=S)(OC)Oc1ccc(N)cc1. The van der Waals surface area contributed by atoms with Crippen molar-refractivity contribution < 1.29 is 13.6 Å². The maximum Gasteiger partial charge on any atom is 0.380 e. The Bertz CT molecular complexity index is 333. The van der Waals surface area contributed by atoms with Crippen LogP contribution in [0.25, 0.3) is 0 Å². The van der Waals surface area contributed by atoms with Gasteiger partial charge in [0.05, 0.1) is 0 Å². The Morgan fingerprint density at radius 3 is 2.07 bits per heavy atom. The molecule has 0 unspecified atom stereocenters. The normalized spacial score (nSPS) is 11.3. The van der Waals surface area contributed by atoms with E-state index in [1.54, 1.807) is 24.3 Å². The zero-order valence-corrected chi connectivity index (χ0v) is 9.68. The topological polar surface area (TPSA) is 53.7 Å². The summed E-state index contributed by atoms with van der Waals surface area (Å²) in [7, 11) is 2.92. The number of rotatable bonds is 4. The van der Waals surface area contributed by atoms with E-state index in [1.165, 1.54) is 14.2 Å². The molecule has 0 fully saturated rings. The molecule has 1 aromatic rings. The summed E-state index contributed by atoms with van der Waals surface area (Å²) < 4.78 is 15.3. The van der Waals surface area contributed by atoms with Crippen molar-refractivity contribution in [3.05, 3.63) is 24.3 Å². The zero-order chi connectivity index (χ0) is 10.6. The first-order valence-electron chi connectivity index (χ1n) is 3.86. The van der Waals surface area contributed by atoms with Crippen molar-refractivity contribution in [3.63, 3.8) is 0 Å². The number of nitrogen functional groups attached to an aromatic ring is 1. The predicted molar refractivity (Wildman–Crippen MR) is 59.8 cm³/mol. The smallest absolute Gasteiger partial charge is 0.380 e. The molecule has 1 aromatic carbocycles. The van der Waals surface area contributed by atoms with Gasteiger partial charge in [0.2, 0.25) is 0 Å². The fourth-order valence-corrected chi connectivity index (χ4v) is 1.74. The lowest BCUT2D eigenvalue weighted by molar-refractivity contribution is 0.273. The number of nitrogens with two attached hydrogens (primary N) is 1. The third-order valence-corrected chi connectivity index (χ3v) is 3.99. The van der Waals surface area contributed by atoms with Gasteiger partial charge in [-0.05, 0) is 24.3 Å². The van der Waals surface area contributed by atoms with Gasteiger partial charge in [0.1, 0.15) is 5.75 Å². The van der Waals surface area contributed by atoms with E-state index in [0.717, 1.165) is 0 Å². The maximum absolute atomic E-state index is 5.52. The van der Waals surface area contributed by atoms with Crippen LogP contribution in [0.2, 0.25) is 0 Å². The fourth-order valence-electron chi connectivity index (χ4n) is 0.807. The van der Waals surface area contributed by atoms with Gasteiger partial charge in [-0.2, -0.15) is 0 Å². The first kappa shape index (κ1) is 11.5. The van der Waals surface area contributed by atoms with E-state index in [0.29, 0.717) is 11.4 Å². The number of benzene rings is 1. The van der Waals surface area contributed by atoms with Crippen LogP contribution >= 0.6 is 6.72 Å². The van der Waals surface area contributed by atoms with Gasteiger partial charge in [0.15, 0.2) is 0 Å². The Morgan fingerprint density at radius 1 is 1.14 bits per heavy atom. The van der Waals surface area contributed by atoms with E-state index in [-0.39, 0.29) is 0 Å². The van der Waals surface area contributed by atoms with Crippen LogP contribution in [0.3, 0.4) is 0 Å². The van der Waals surface area contributed by atoms with Gasteiger partial charge in [-0.3, -0.25) is 0 Å². The van der Waals surface area contributed by atoms with E-state index < -0.39 is 6.72 Å². The average molecular weight is 233 g/mol. The average Bonchev–Trinajstić information content (AvgIpc) is 2.21. The summed E-state index contributed by atoms with van der Waals surface area (Å²) in [6.45, 7) is -2.63. The van der Waals surface area contributed by atoms with Gasteiger partial charge in [0, 0.05) is 31.7 Å². The third kappa shape index (κ3) is 2.96. The fraction of sp³-hybridized carbons (Fsp3) is 0.250. The standard InChI is InChI=1S/C8H12NO3PS/c1-10-13(14,11-2)12-8-5-3-7(9)4-6-8/h3-6H,9H2,1-2H3. The minimum absolute atomic E-state index is 0.589. The highest BCUT2D eigenvalue weighted by molar-refractivity contribution is 8.07. The summed E-state index contributed by atoms with van der Waals surface area (Å²) in [4.78, 5) is 0. The molecule has 4 nitrogen and oxygen atoms in total. The molecule has 0 heterocycles. The van der Waals surface area contributed by atoms with Crippen LogP contribution in [-0.2, 0) is 20.9 Å². The molecule has 0 bridgehead atoms. The monoisotopic (exact) mass is 233 g/mol. The summed E-state index contributed by atoms with van der Waals surface area (Å²) in [5.41, 5.74) is 6.19. The van der Waals surface area contributed by atoms with Gasteiger partial charge in [0.25, 0.3) is 0 Å². The van der Waals surface area contributed by atoms with Crippen LogP contribution in [0.4, 0.5) is 5.69 Å². The molecular weight excluding hydrogens is 221 g/mol. The van der Waals surface area contributed by atoms with E-state index in [2.05, 4.69) is 0 Å². The second-order valence-electron chi connectivity index (χ2n) is 2.47. The number of hydrogen-bond donors (Lipinski definition) is 1. The summed E-state index contributed by atoms with van der Waals surface area (Å²) in [6.07, 6.45) is 0. The van der Waals surface area contributed by atoms with E-state index >= 15 is 0 Å². The highest BCUT2D eigenvalue weighted by Gasteiger charge is 2.17. The lowest BCUT2D eigenvalue weighted by Gasteiger charge is -2.17. The molecule has 14 heavy (non-hydrogen) atoms. The maximum atomic E-state index is 5.52. The van der Waals surface area contributed by atoms with Gasteiger partial charge in [-0.1, -0.05) is 0 Å². The first-order valence-corrected chi connectivity index (χ1v) is 6.42. The lowest BCUT2D eigenvalue weighted by Crippen LogP contribution is -1.96. The highest BCUT2D eigenvalue weighted by atomic mass is 32.5. The summed E-state index contributed by atoms with van der Waals surface area (Å²) in [6, 6.07) is 6.88. The van der Waals surface area contributed by atoms with Crippen molar-refractivity contribution in [3.8, 4) is 5.75 Å². The van der Waals surface area contributed by atoms with Gasteiger partial charge < -0.3 is 19.3 Å². The summed E-state index contributed by atoms with van der Waals surface area (Å²) in [5, 5.41) is 0. The van der Waals surface area contributed by atoms with Crippen molar-refractivity contribution in [2.45, 2.75) is 0 Å². The molecule has 0 atom stereocenters. The van der Waals surface area contributed by atoms with Crippen molar-refractivity contribution in [1.29, 1.82) is 0 Å². The Labute approximate surface area is 88.2 Å². The molecule has 1 rings (SSSR count).